The topological polar surface area (TPSA) is 50.6 Å². The predicted octanol–water partition coefficient (Wildman–Crippen LogP) is 2.94. The predicted molar refractivity (Wildman–Crippen MR) is 116 cm³/mol. The van der Waals surface area contributed by atoms with Gasteiger partial charge in [0, 0.05) is 55.4 Å². The molecule has 5 nitrogen and oxygen atoms in total. The zero-order valence-electron chi connectivity index (χ0n) is 16.2. The second-order valence-electron chi connectivity index (χ2n) is 7.23. The van der Waals surface area contributed by atoms with Gasteiger partial charge in [-0.15, -0.1) is 11.8 Å². The van der Waals surface area contributed by atoms with Crippen molar-refractivity contribution >= 4 is 29.2 Å². The van der Waals surface area contributed by atoms with E-state index in [1.54, 1.807) is 11.8 Å². The Morgan fingerprint density at radius 3 is 2.50 bits per heavy atom. The molecule has 0 unspecified atom stereocenters. The smallest absolute Gasteiger partial charge is 0.231 e. The number of rotatable bonds is 5. The van der Waals surface area contributed by atoms with E-state index in [0.29, 0.717) is 12.3 Å². The minimum atomic E-state index is 0.204. The summed E-state index contributed by atoms with van der Waals surface area (Å²) in [6.07, 6.45) is 2.58. The van der Waals surface area contributed by atoms with Crippen LogP contribution in [0, 0.1) is 5.41 Å². The molecule has 1 fully saturated rings. The maximum absolute atomic E-state index is 12.3. The first-order valence-electron chi connectivity index (χ1n) is 9.75. The number of thioether (sulfide) groups is 1. The summed E-state index contributed by atoms with van der Waals surface area (Å²) in [6, 6.07) is 16.2. The van der Waals surface area contributed by atoms with E-state index in [1.807, 2.05) is 47.4 Å². The summed E-state index contributed by atoms with van der Waals surface area (Å²) in [5, 5.41) is 8.62. The van der Waals surface area contributed by atoms with Gasteiger partial charge < -0.3 is 9.80 Å². The highest BCUT2D eigenvalue weighted by atomic mass is 32.2. The van der Waals surface area contributed by atoms with Crippen LogP contribution in [0.15, 0.2) is 53.4 Å². The Morgan fingerprint density at radius 1 is 1.00 bits per heavy atom. The number of carbonyl (C=O) groups is 1. The van der Waals surface area contributed by atoms with Crippen LogP contribution in [0.1, 0.15) is 11.1 Å². The number of amidine groups is 1. The minimum absolute atomic E-state index is 0.204. The summed E-state index contributed by atoms with van der Waals surface area (Å²) >= 11 is 1.69. The summed E-state index contributed by atoms with van der Waals surface area (Å²) in [7, 11) is 0. The highest BCUT2D eigenvalue weighted by Gasteiger charge is 2.27. The lowest BCUT2D eigenvalue weighted by Crippen LogP contribution is -2.50. The Bertz CT molecular complexity index is 876. The Labute approximate surface area is 170 Å². The van der Waals surface area contributed by atoms with E-state index in [-0.39, 0.29) is 5.91 Å². The number of nitrogens with zero attached hydrogens (tertiary/aromatic N) is 3. The van der Waals surface area contributed by atoms with Crippen LogP contribution in [0.2, 0.25) is 0 Å². The van der Waals surface area contributed by atoms with Gasteiger partial charge >= 0.3 is 0 Å². The van der Waals surface area contributed by atoms with Gasteiger partial charge in [-0.2, -0.15) is 0 Å². The molecule has 4 rings (SSSR count). The number of nitrogens with one attached hydrogen (secondary N) is 1. The molecule has 2 aromatic carbocycles. The Hall–Kier alpha value is -2.31. The molecule has 2 heterocycles. The first kappa shape index (κ1) is 19.0. The van der Waals surface area contributed by atoms with Gasteiger partial charge in [0.25, 0.3) is 0 Å². The fourth-order valence-corrected chi connectivity index (χ4v) is 4.61. The Balaban J connectivity index is 1.31. The largest absolute Gasteiger partial charge is 0.354 e. The first-order chi connectivity index (χ1) is 13.7. The van der Waals surface area contributed by atoms with Crippen molar-refractivity contribution in [3.05, 3.63) is 59.7 Å². The van der Waals surface area contributed by atoms with E-state index in [1.165, 1.54) is 0 Å². The SMILES string of the molecule is CSc1ccccc1C(=N)N1CCN(CCN2C(=O)Cc3ccccc32)CC1. The molecular weight excluding hydrogens is 368 g/mol. The number of piperazine rings is 1. The Kier molecular flexibility index (Phi) is 5.69. The molecule has 2 aliphatic heterocycles. The summed E-state index contributed by atoms with van der Waals surface area (Å²) < 4.78 is 0. The monoisotopic (exact) mass is 394 g/mol. The molecule has 0 saturated carbocycles. The fourth-order valence-electron chi connectivity index (χ4n) is 4.01. The third kappa shape index (κ3) is 3.80. The number of carbonyl (C=O) groups excluding carboxylic acids is 1. The van der Waals surface area contributed by atoms with Crippen molar-refractivity contribution in [2.24, 2.45) is 0 Å². The van der Waals surface area contributed by atoms with Crippen molar-refractivity contribution in [3.8, 4) is 0 Å². The van der Waals surface area contributed by atoms with Crippen LogP contribution < -0.4 is 4.90 Å². The third-order valence-electron chi connectivity index (χ3n) is 5.62. The molecule has 0 radical (unpaired) electrons. The summed E-state index contributed by atoms with van der Waals surface area (Å²) in [5.74, 6) is 0.823. The van der Waals surface area contributed by atoms with E-state index in [2.05, 4.69) is 22.1 Å². The van der Waals surface area contributed by atoms with Gasteiger partial charge in [0.2, 0.25) is 5.91 Å². The zero-order chi connectivity index (χ0) is 19.5. The lowest BCUT2D eigenvalue weighted by Gasteiger charge is -2.37. The molecule has 0 aromatic heterocycles. The van der Waals surface area contributed by atoms with Crippen LogP contribution in [0.25, 0.3) is 0 Å². The third-order valence-corrected chi connectivity index (χ3v) is 6.41. The van der Waals surface area contributed by atoms with Gasteiger partial charge in [-0.3, -0.25) is 15.1 Å². The van der Waals surface area contributed by atoms with Gasteiger partial charge in [-0.25, -0.2) is 0 Å². The maximum Gasteiger partial charge on any atom is 0.231 e. The summed E-state index contributed by atoms with van der Waals surface area (Å²) in [4.78, 5) is 20.0. The van der Waals surface area contributed by atoms with E-state index in [4.69, 9.17) is 5.41 Å². The molecule has 0 bridgehead atoms. The van der Waals surface area contributed by atoms with Crippen molar-refractivity contribution in [3.63, 3.8) is 0 Å². The lowest BCUT2D eigenvalue weighted by atomic mass is 10.1. The van der Waals surface area contributed by atoms with Crippen molar-refractivity contribution in [1.82, 2.24) is 9.80 Å². The average Bonchev–Trinajstić information content (AvgIpc) is 3.07. The van der Waals surface area contributed by atoms with E-state index >= 15 is 0 Å². The van der Waals surface area contributed by atoms with E-state index in [0.717, 1.165) is 61.0 Å². The molecular formula is C22H26N4OS. The van der Waals surface area contributed by atoms with Crippen LogP contribution in [-0.4, -0.2) is 67.1 Å². The van der Waals surface area contributed by atoms with Crippen molar-refractivity contribution in [2.45, 2.75) is 11.3 Å². The molecule has 1 saturated heterocycles. The standard InChI is InChI=1S/C22H26N4OS/c1-28-20-9-5-3-7-18(20)22(23)25-13-10-24(11-14-25)12-15-26-19-8-4-2-6-17(19)16-21(26)27/h2-9,23H,10-16H2,1H3. The molecule has 0 spiro atoms. The molecule has 1 N–H and O–H groups in total. The number of fused-ring (bicyclic) bond motifs is 1. The van der Waals surface area contributed by atoms with Crippen LogP contribution in [0.5, 0.6) is 0 Å². The minimum Gasteiger partial charge on any atom is -0.354 e. The van der Waals surface area contributed by atoms with Crippen LogP contribution >= 0.6 is 11.8 Å². The van der Waals surface area contributed by atoms with Gasteiger partial charge in [0.15, 0.2) is 0 Å². The van der Waals surface area contributed by atoms with E-state index in [9.17, 15) is 4.79 Å². The van der Waals surface area contributed by atoms with Crippen LogP contribution in [0.3, 0.4) is 0 Å². The van der Waals surface area contributed by atoms with Crippen LogP contribution in [-0.2, 0) is 11.2 Å². The number of amides is 1. The normalized spacial score (nSPS) is 17.1. The lowest BCUT2D eigenvalue weighted by molar-refractivity contribution is -0.117. The Morgan fingerprint density at radius 2 is 1.71 bits per heavy atom. The van der Waals surface area contributed by atoms with Crippen molar-refractivity contribution in [2.75, 3.05) is 50.4 Å². The van der Waals surface area contributed by atoms with Crippen molar-refractivity contribution in [1.29, 1.82) is 5.41 Å². The van der Waals surface area contributed by atoms with Gasteiger partial charge in [-0.1, -0.05) is 36.4 Å². The number of anilines is 1. The van der Waals surface area contributed by atoms with Gasteiger partial charge in [-0.05, 0) is 24.0 Å². The maximum atomic E-state index is 12.3. The number of para-hydroxylation sites is 1. The average molecular weight is 395 g/mol. The second kappa shape index (κ2) is 8.37. The molecule has 1 amide bonds. The molecule has 0 atom stereocenters. The number of hydrogen-bond donors (Lipinski definition) is 1. The van der Waals surface area contributed by atoms with Gasteiger partial charge in [0.05, 0.1) is 6.42 Å². The number of hydrogen-bond acceptors (Lipinski definition) is 4. The molecule has 146 valence electrons. The van der Waals surface area contributed by atoms with Gasteiger partial charge in [0.1, 0.15) is 5.84 Å². The second-order valence-corrected chi connectivity index (χ2v) is 8.08. The molecule has 2 aromatic rings. The number of benzene rings is 2. The molecule has 2 aliphatic rings. The molecule has 0 aliphatic carbocycles. The summed E-state index contributed by atoms with van der Waals surface area (Å²) in [6.45, 7) is 5.17. The molecule has 6 heteroatoms. The van der Waals surface area contributed by atoms with E-state index < -0.39 is 0 Å². The quantitative estimate of drug-likeness (QED) is 0.481. The zero-order valence-corrected chi connectivity index (χ0v) is 17.0. The fraction of sp³-hybridized carbons (Fsp3) is 0.364. The van der Waals surface area contributed by atoms with Crippen molar-refractivity contribution < 1.29 is 4.79 Å². The summed E-state index contributed by atoms with van der Waals surface area (Å²) in [5.41, 5.74) is 3.22. The highest BCUT2D eigenvalue weighted by molar-refractivity contribution is 7.98. The van der Waals surface area contributed by atoms with Crippen LogP contribution in [0.4, 0.5) is 5.69 Å². The first-order valence-corrected chi connectivity index (χ1v) is 11.0. The highest BCUT2D eigenvalue weighted by Crippen LogP contribution is 2.28. The molecule has 28 heavy (non-hydrogen) atoms.